The summed E-state index contributed by atoms with van der Waals surface area (Å²) in [6, 6.07) is 14.3. The molecule has 0 amide bonds. The number of phenols is 1. The molecule has 1 saturated carbocycles. The summed E-state index contributed by atoms with van der Waals surface area (Å²) < 4.78 is 0. The number of anilines is 1. The Kier molecular flexibility index (Phi) is 3.60. The summed E-state index contributed by atoms with van der Waals surface area (Å²) in [6.07, 6.45) is 2.66. The first-order valence-electron chi connectivity index (χ1n) is 8.72. The van der Waals surface area contributed by atoms with Crippen LogP contribution in [-0.2, 0) is 4.79 Å². The lowest BCUT2D eigenvalue weighted by molar-refractivity contribution is -0.128. The van der Waals surface area contributed by atoms with Crippen LogP contribution >= 0.6 is 0 Å². The highest BCUT2D eigenvalue weighted by molar-refractivity contribution is 5.86. The minimum atomic E-state index is 0.0263. The summed E-state index contributed by atoms with van der Waals surface area (Å²) in [5.41, 5.74) is 4.78. The van der Waals surface area contributed by atoms with Gasteiger partial charge in [-0.05, 0) is 67.6 Å². The summed E-state index contributed by atoms with van der Waals surface area (Å²) in [6.45, 7) is 4.26. The van der Waals surface area contributed by atoms with Gasteiger partial charge in [-0.25, -0.2) is 0 Å². The molecule has 2 aromatic rings. The lowest BCUT2D eigenvalue weighted by atomic mass is 9.71. The van der Waals surface area contributed by atoms with Crippen LogP contribution in [0.25, 0.3) is 0 Å². The molecule has 2 bridgehead atoms. The molecule has 124 valence electrons. The standard InChI is InChI=1S/C21H23NO2/c1-13-6-7-16(10-14(13)2)22-17-8-9-19(20(24)12-17)21(22)15-4-3-5-18(23)11-15/h3-7,10-11,17,19,21,23H,8-9,12H2,1-2H3. The fraction of sp³-hybridized carbons (Fsp3) is 0.381. The zero-order valence-electron chi connectivity index (χ0n) is 14.2. The van der Waals surface area contributed by atoms with Crippen LogP contribution in [0.15, 0.2) is 42.5 Å². The summed E-state index contributed by atoms with van der Waals surface area (Å²) in [5, 5.41) is 9.91. The van der Waals surface area contributed by atoms with Gasteiger partial charge in [-0.15, -0.1) is 0 Å². The Hall–Kier alpha value is -2.29. The van der Waals surface area contributed by atoms with Crippen LogP contribution in [0.2, 0.25) is 0 Å². The van der Waals surface area contributed by atoms with Crippen molar-refractivity contribution < 1.29 is 9.90 Å². The van der Waals surface area contributed by atoms with Gasteiger partial charge < -0.3 is 10.0 Å². The van der Waals surface area contributed by atoms with Gasteiger partial charge in [-0.3, -0.25) is 4.79 Å². The first kappa shape index (κ1) is 15.3. The maximum Gasteiger partial charge on any atom is 0.140 e. The van der Waals surface area contributed by atoms with E-state index in [1.165, 1.54) is 16.8 Å². The molecule has 3 unspecified atom stereocenters. The van der Waals surface area contributed by atoms with Gasteiger partial charge in [-0.2, -0.15) is 0 Å². The molecule has 2 aliphatic heterocycles. The van der Waals surface area contributed by atoms with Gasteiger partial charge >= 0.3 is 0 Å². The third kappa shape index (κ3) is 2.39. The number of phenolic OH excluding ortho intramolecular Hbond substituents is 1. The second-order valence-electron chi connectivity index (χ2n) is 7.22. The second-order valence-corrected chi connectivity index (χ2v) is 7.22. The lowest BCUT2D eigenvalue weighted by Gasteiger charge is -2.52. The van der Waals surface area contributed by atoms with Crippen molar-refractivity contribution in [2.75, 3.05) is 4.90 Å². The van der Waals surface area contributed by atoms with Crippen LogP contribution in [0.5, 0.6) is 5.75 Å². The fourth-order valence-corrected chi connectivity index (χ4v) is 4.37. The highest BCUT2D eigenvalue weighted by Gasteiger charge is 2.47. The minimum absolute atomic E-state index is 0.0263. The Bertz CT molecular complexity index is 798. The molecule has 3 heteroatoms. The molecular weight excluding hydrogens is 298 g/mol. The molecule has 2 heterocycles. The number of nitrogens with zero attached hydrogens (tertiary/aromatic N) is 1. The van der Waals surface area contributed by atoms with E-state index in [9.17, 15) is 9.90 Å². The first-order chi connectivity index (χ1) is 11.5. The zero-order chi connectivity index (χ0) is 16.8. The quantitative estimate of drug-likeness (QED) is 0.896. The maximum atomic E-state index is 12.5. The van der Waals surface area contributed by atoms with E-state index >= 15 is 0 Å². The molecular formula is C21H23NO2. The summed E-state index contributed by atoms with van der Waals surface area (Å²) >= 11 is 0. The summed E-state index contributed by atoms with van der Waals surface area (Å²) in [7, 11) is 0. The van der Waals surface area contributed by atoms with E-state index in [1.807, 2.05) is 18.2 Å². The molecule has 2 saturated heterocycles. The fourth-order valence-electron chi connectivity index (χ4n) is 4.37. The normalized spacial score (nSPS) is 26.0. The average molecular weight is 321 g/mol. The predicted molar refractivity (Wildman–Crippen MR) is 95.4 cm³/mol. The van der Waals surface area contributed by atoms with Crippen molar-refractivity contribution in [1.82, 2.24) is 0 Å². The van der Waals surface area contributed by atoms with Gasteiger partial charge in [0.15, 0.2) is 0 Å². The third-order valence-electron chi connectivity index (χ3n) is 5.74. The molecule has 1 N–H and O–H groups in total. The topological polar surface area (TPSA) is 40.5 Å². The van der Waals surface area contributed by atoms with Gasteiger partial charge in [0.1, 0.15) is 11.5 Å². The van der Waals surface area contributed by atoms with Crippen LogP contribution in [0.1, 0.15) is 42.0 Å². The van der Waals surface area contributed by atoms with Crippen molar-refractivity contribution in [1.29, 1.82) is 0 Å². The minimum Gasteiger partial charge on any atom is -0.508 e. The second kappa shape index (κ2) is 5.66. The number of benzene rings is 2. The molecule has 24 heavy (non-hydrogen) atoms. The smallest absolute Gasteiger partial charge is 0.140 e. The number of piperidine rings is 2. The van der Waals surface area contributed by atoms with Crippen molar-refractivity contribution in [3.63, 3.8) is 0 Å². The molecule has 0 radical (unpaired) electrons. The highest BCUT2D eigenvalue weighted by atomic mass is 16.3. The van der Waals surface area contributed by atoms with Gasteiger partial charge in [0.05, 0.1) is 6.04 Å². The van der Waals surface area contributed by atoms with E-state index in [4.69, 9.17) is 0 Å². The van der Waals surface area contributed by atoms with Gasteiger partial charge in [0.25, 0.3) is 0 Å². The number of rotatable bonds is 2. The Balaban J connectivity index is 1.82. The molecule has 3 fully saturated rings. The molecule has 5 rings (SSSR count). The molecule has 1 aliphatic carbocycles. The molecule has 0 spiro atoms. The molecule has 2 aromatic carbocycles. The largest absolute Gasteiger partial charge is 0.508 e. The van der Waals surface area contributed by atoms with Gasteiger partial charge in [0, 0.05) is 24.1 Å². The number of fused-ring (bicyclic) bond motifs is 3. The van der Waals surface area contributed by atoms with E-state index < -0.39 is 0 Å². The SMILES string of the molecule is Cc1ccc(N2C3CCC(C(=O)C3)C2c2cccc(O)c2)cc1C. The van der Waals surface area contributed by atoms with Crippen LogP contribution < -0.4 is 4.90 Å². The number of aryl methyl sites for hydroxylation is 2. The number of hydrogen-bond acceptors (Lipinski definition) is 3. The Morgan fingerprint density at radius 2 is 1.88 bits per heavy atom. The van der Waals surface area contributed by atoms with Gasteiger partial charge in [-0.1, -0.05) is 18.2 Å². The average Bonchev–Trinajstić information content (AvgIpc) is 2.57. The van der Waals surface area contributed by atoms with E-state index in [1.54, 1.807) is 6.07 Å². The predicted octanol–water partition coefficient (Wildman–Crippen LogP) is 4.31. The number of ketones is 1. The zero-order valence-corrected chi connectivity index (χ0v) is 14.2. The van der Waals surface area contributed by atoms with Crippen molar-refractivity contribution in [2.45, 2.75) is 45.2 Å². The van der Waals surface area contributed by atoms with E-state index in [0.29, 0.717) is 12.2 Å². The van der Waals surface area contributed by atoms with Gasteiger partial charge in [0.2, 0.25) is 0 Å². The van der Waals surface area contributed by atoms with E-state index in [-0.39, 0.29) is 23.8 Å². The molecule has 3 aliphatic rings. The summed E-state index contributed by atoms with van der Waals surface area (Å²) in [5.74, 6) is 0.666. The van der Waals surface area contributed by atoms with Crippen molar-refractivity contribution in [3.05, 3.63) is 59.2 Å². The van der Waals surface area contributed by atoms with Crippen LogP contribution in [0, 0.1) is 19.8 Å². The van der Waals surface area contributed by atoms with E-state index in [2.05, 4.69) is 36.9 Å². The number of carbonyl (C=O) groups excluding carboxylic acids is 1. The van der Waals surface area contributed by atoms with Crippen LogP contribution in [0.3, 0.4) is 0 Å². The first-order valence-corrected chi connectivity index (χ1v) is 8.72. The van der Waals surface area contributed by atoms with Crippen molar-refractivity contribution in [3.8, 4) is 5.75 Å². The number of aromatic hydroxyl groups is 1. The Morgan fingerprint density at radius 1 is 1.04 bits per heavy atom. The number of Topliss-reactive ketones (excluding diaryl/α,β-unsaturated/α-hetero) is 1. The Labute approximate surface area is 142 Å². The summed E-state index contributed by atoms with van der Waals surface area (Å²) in [4.78, 5) is 15.0. The molecule has 3 nitrogen and oxygen atoms in total. The number of carbonyl (C=O) groups is 1. The Morgan fingerprint density at radius 3 is 2.58 bits per heavy atom. The van der Waals surface area contributed by atoms with Crippen molar-refractivity contribution >= 4 is 11.5 Å². The third-order valence-corrected chi connectivity index (χ3v) is 5.74. The van der Waals surface area contributed by atoms with E-state index in [0.717, 1.165) is 18.4 Å². The lowest BCUT2D eigenvalue weighted by Crippen LogP contribution is -2.54. The van der Waals surface area contributed by atoms with Crippen LogP contribution in [0.4, 0.5) is 5.69 Å². The molecule has 0 aromatic heterocycles. The molecule has 3 atom stereocenters. The van der Waals surface area contributed by atoms with Crippen molar-refractivity contribution in [2.24, 2.45) is 5.92 Å². The maximum absolute atomic E-state index is 12.5. The van der Waals surface area contributed by atoms with Crippen LogP contribution in [-0.4, -0.2) is 16.9 Å². The number of hydrogen-bond donors (Lipinski definition) is 1. The highest BCUT2D eigenvalue weighted by Crippen LogP contribution is 2.48. The monoisotopic (exact) mass is 321 g/mol.